The molecular weight excluding hydrogens is 554 g/mol. The van der Waals surface area contributed by atoms with Crippen molar-refractivity contribution < 1.29 is 28.7 Å². The third-order valence-electron chi connectivity index (χ3n) is 8.33. The summed E-state index contributed by atoms with van der Waals surface area (Å²) in [4.78, 5) is 46.4. The van der Waals surface area contributed by atoms with Gasteiger partial charge >= 0.3 is 6.09 Å². The lowest BCUT2D eigenvalue weighted by Gasteiger charge is -2.40. The number of benzene rings is 2. The van der Waals surface area contributed by atoms with Crippen LogP contribution in [0.15, 0.2) is 60.8 Å². The van der Waals surface area contributed by atoms with E-state index >= 15 is 0 Å². The van der Waals surface area contributed by atoms with Crippen LogP contribution >= 0.6 is 0 Å². The van der Waals surface area contributed by atoms with Crippen LogP contribution in [0.4, 0.5) is 22.0 Å². The molecule has 2 aromatic carbocycles. The highest BCUT2D eigenvalue weighted by Gasteiger charge is 2.35. The van der Waals surface area contributed by atoms with E-state index in [-0.39, 0.29) is 36.4 Å². The largest absolute Gasteiger partial charge is 0.496 e. The maximum Gasteiger partial charge on any atom is 0.414 e. The zero-order chi connectivity index (χ0) is 29.9. The number of carbonyl (C=O) groups excluding carboxylic acids is 2. The smallest absolute Gasteiger partial charge is 0.414 e. The van der Waals surface area contributed by atoms with Crippen LogP contribution in [0.2, 0.25) is 0 Å². The molecule has 0 atom stereocenters. The Bertz CT molecular complexity index is 1500. The van der Waals surface area contributed by atoms with E-state index in [2.05, 4.69) is 9.88 Å². The number of aromatic nitrogens is 1. The van der Waals surface area contributed by atoms with Crippen molar-refractivity contribution in [2.75, 3.05) is 43.1 Å². The third-order valence-corrected chi connectivity index (χ3v) is 8.33. The molecule has 43 heavy (non-hydrogen) atoms. The van der Waals surface area contributed by atoms with E-state index in [1.165, 1.54) is 19.4 Å². The van der Waals surface area contributed by atoms with Crippen LogP contribution in [0, 0.1) is 10.1 Å². The lowest BCUT2D eigenvalue weighted by atomic mass is 10.00. The van der Waals surface area contributed by atoms with E-state index in [9.17, 15) is 19.7 Å². The van der Waals surface area contributed by atoms with E-state index in [0.29, 0.717) is 61.9 Å². The number of likely N-dealkylation sites (tertiary alicyclic amines) is 1. The summed E-state index contributed by atoms with van der Waals surface area (Å²) in [6.45, 7) is 2.72. The summed E-state index contributed by atoms with van der Waals surface area (Å²) in [5, 5.41) is 10.9. The van der Waals surface area contributed by atoms with Gasteiger partial charge in [-0.2, -0.15) is 0 Å². The summed E-state index contributed by atoms with van der Waals surface area (Å²) in [5.41, 5.74) is 2.31. The molecule has 3 aliphatic heterocycles. The highest BCUT2D eigenvalue weighted by atomic mass is 16.6. The molecule has 3 aliphatic rings. The molecule has 224 valence electrons. The second kappa shape index (κ2) is 12.2. The molecular formula is C31H33N5O7. The molecule has 0 N–H and O–H groups in total. The Morgan fingerprint density at radius 2 is 1.79 bits per heavy atom. The monoisotopic (exact) mass is 587 g/mol. The number of methoxy groups -OCH3 is 1. The van der Waals surface area contributed by atoms with Gasteiger partial charge in [0.15, 0.2) is 0 Å². The van der Waals surface area contributed by atoms with Crippen LogP contribution in [0.1, 0.15) is 41.6 Å². The second-order valence-corrected chi connectivity index (χ2v) is 10.9. The fourth-order valence-corrected chi connectivity index (χ4v) is 6.01. The van der Waals surface area contributed by atoms with Crippen LogP contribution in [0.3, 0.4) is 0 Å². The first-order chi connectivity index (χ1) is 20.9. The van der Waals surface area contributed by atoms with Crippen molar-refractivity contribution in [2.24, 2.45) is 0 Å². The van der Waals surface area contributed by atoms with Crippen LogP contribution in [0.25, 0.3) is 0 Å². The van der Waals surface area contributed by atoms with Crippen molar-refractivity contribution in [3.05, 3.63) is 82.0 Å². The molecule has 2 fully saturated rings. The maximum atomic E-state index is 13.5. The van der Waals surface area contributed by atoms with Gasteiger partial charge in [0.2, 0.25) is 0 Å². The SMILES string of the molecule is COc1cc(OC2CCN(c3ccc([N+](=O)[O-])cn3)CC2)ccc1C(=O)N1CCC(N2C(=O)OCc3ccccc32)CC1. The molecule has 12 heteroatoms. The van der Waals surface area contributed by atoms with Gasteiger partial charge in [-0.1, -0.05) is 18.2 Å². The summed E-state index contributed by atoms with van der Waals surface area (Å²) in [6, 6.07) is 16.2. The zero-order valence-electron chi connectivity index (χ0n) is 23.9. The lowest BCUT2D eigenvalue weighted by molar-refractivity contribution is -0.385. The quantitative estimate of drug-likeness (QED) is 0.283. The van der Waals surface area contributed by atoms with Gasteiger partial charge in [-0.15, -0.1) is 0 Å². The number of amides is 2. The molecule has 1 aromatic heterocycles. The van der Waals surface area contributed by atoms with Crippen molar-refractivity contribution in [1.82, 2.24) is 9.88 Å². The van der Waals surface area contributed by atoms with Crippen molar-refractivity contribution in [3.63, 3.8) is 0 Å². The van der Waals surface area contributed by atoms with E-state index in [1.807, 2.05) is 24.3 Å². The first kappa shape index (κ1) is 28.3. The van der Waals surface area contributed by atoms with Crippen molar-refractivity contribution in [2.45, 2.75) is 44.4 Å². The molecule has 12 nitrogen and oxygen atoms in total. The van der Waals surface area contributed by atoms with Gasteiger partial charge in [0.05, 0.1) is 23.3 Å². The second-order valence-electron chi connectivity index (χ2n) is 10.9. The van der Waals surface area contributed by atoms with Crippen molar-refractivity contribution in [1.29, 1.82) is 0 Å². The first-order valence-corrected chi connectivity index (χ1v) is 14.4. The summed E-state index contributed by atoms with van der Waals surface area (Å²) in [6.07, 6.45) is 3.72. The highest BCUT2D eigenvalue weighted by Crippen LogP contribution is 2.33. The average Bonchev–Trinajstić information content (AvgIpc) is 3.05. The number of pyridine rings is 1. The lowest BCUT2D eigenvalue weighted by Crippen LogP contribution is -2.50. The number of hydrogen-bond acceptors (Lipinski definition) is 9. The maximum absolute atomic E-state index is 13.5. The summed E-state index contributed by atoms with van der Waals surface area (Å²) in [7, 11) is 1.54. The molecule has 0 aliphatic carbocycles. The molecule has 0 bridgehead atoms. The Morgan fingerprint density at radius 3 is 2.49 bits per heavy atom. The molecule has 6 rings (SSSR count). The number of rotatable bonds is 7. The number of cyclic esters (lactones) is 1. The Morgan fingerprint density at radius 1 is 1.02 bits per heavy atom. The number of nitro groups is 1. The minimum Gasteiger partial charge on any atom is -0.496 e. The predicted octanol–water partition coefficient (Wildman–Crippen LogP) is 4.81. The summed E-state index contributed by atoms with van der Waals surface area (Å²) >= 11 is 0. The molecule has 3 aromatic rings. The van der Waals surface area contributed by atoms with Gasteiger partial charge in [0.25, 0.3) is 11.6 Å². The molecule has 0 unspecified atom stereocenters. The van der Waals surface area contributed by atoms with E-state index in [4.69, 9.17) is 14.2 Å². The molecule has 0 radical (unpaired) electrons. The number of ether oxygens (including phenoxy) is 3. The standard InChI is InChI=1S/C31H33N5O7/c1-41-28-18-25(43-24-12-16-33(17-13-24)29-9-6-23(19-32-29)36(39)40)7-8-26(28)30(37)34-14-10-22(11-15-34)35-27-5-3-2-4-21(27)20-42-31(35)38/h2-9,18-19,22,24H,10-17,20H2,1H3. The molecule has 4 heterocycles. The molecule has 0 spiro atoms. The Balaban J connectivity index is 1.04. The number of anilines is 2. The zero-order valence-corrected chi connectivity index (χ0v) is 23.9. The van der Waals surface area contributed by atoms with E-state index in [0.717, 1.165) is 24.1 Å². The van der Waals surface area contributed by atoms with Crippen LogP contribution < -0.4 is 19.3 Å². The van der Waals surface area contributed by atoms with Gasteiger partial charge in [-0.05, 0) is 37.1 Å². The fourth-order valence-electron chi connectivity index (χ4n) is 6.01. The Labute approximate surface area is 248 Å². The number of carbonyl (C=O) groups is 2. The van der Waals surface area contributed by atoms with Gasteiger partial charge in [-0.25, -0.2) is 9.78 Å². The van der Waals surface area contributed by atoms with Crippen molar-refractivity contribution in [3.8, 4) is 11.5 Å². The minimum absolute atomic E-state index is 0.0220. The number of nitrogens with zero attached hydrogens (tertiary/aromatic N) is 5. The molecule has 2 saturated heterocycles. The number of fused-ring (bicyclic) bond motifs is 1. The van der Waals surface area contributed by atoms with E-state index in [1.54, 1.807) is 34.1 Å². The van der Waals surface area contributed by atoms with Crippen LogP contribution in [-0.4, -0.2) is 72.2 Å². The number of piperidine rings is 2. The predicted molar refractivity (Wildman–Crippen MR) is 158 cm³/mol. The normalized spacial score (nSPS) is 17.7. The highest BCUT2D eigenvalue weighted by molar-refractivity contribution is 5.97. The topological polar surface area (TPSA) is 128 Å². The van der Waals surface area contributed by atoms with E-state index < -0.39 is 4.92 Å². The number of para-hydroxylation sites is 1. The third kappa shape index (κ3) is 5.90. The first-order valence-electron chi connectivity index (χ1n) is 14.4. The van der Waals surface area contributed by atoms with Crippen LogP contribution in [0.5, 0.6) is 11.5 Å². The molecule has 2 amide bonds. The summed E-state index contributed by atoms with van der Waals surface area (Å²) < 4.78 is 17.2. The number of hydrogen-bond donors (Lipinski definition) is 0. The summed E-state index contributed by atoms with van der Waals surface area (Å²) in [5.74, 6) is 1.66. The average molecular weight is 588 g/mol. The Hall–Kier alpha value is -4.87. The van der Waals surface area contributed by atoms with Gasteiger partial charge in [0, 0.05) is 62.8 Å². The Kier molecular flexibility index (Phi) is 7.99. The van der Waals surface area contributed by atoms with Gasteiger partial charge < -0.3 is 24.0 Å². The van der Waals surface area contributed by atoms with Crippen LogP contribution in [-0.2, 0) is 11.3 Å². The van der Waals surface area contributed by atoms with Gasteiger partial charge in [0.1, 0.15) is 36.2 Å². The fraction of sp³-hybridized carbons (Fsp3) is 0.387. The van der Waals surface area contributed by atoms with Crippen molar-refractivity contribution >= 4 is 29.2 Å². The minimum atomic E-state index is -0.458. The molecule has 0 saturated carbocycles. The van der Waals surface area contributed by atoms with Gasteiger partial charge in [-0.3, -0.25) is 19.8 Å².